The van der Waals surface area contributed by atoms with E-state index in [0.29, 0.717) is 30.8 Å². The fourth-order valence-corrected chi connectivity index (χ4v) is 6.09. The van der Waals surface area contributed by atoms with E-state index in [2.05, 4.69) is 87.2 Å². The van der Waals surface area contributed by atoms with Gasteiger partial charge >= 0.3 is 0 Å². The first-order valence-corrected chi connectivity index (χ1v) is 14.4. The number of piperidine rings is 1. The second kappa shape index (κ2) is 13.2. The Hall–Kier alpha value is -3.26. The number of nitrogens with one attached hydrogen (secondary N) is 2. The number of amidine groups is 1. The van der Waals surface area contributed by atoms with Crippen molar-refractivity contribution in [3.8, 4) is 0 Å². The Morgan fingerprint density at radius 3 is 2.26 bits per heavy atom. The van der Waals surface area contributed by atoms with Crippen molar-refractivity contribution in [1.82, 2.24) is 20.5 Å². The lowest BCUT2D eigenvalue weighted by atomic mass is 9.87. The summed E-state index contributed by atoms with van der Waals surface area (Å²) in [5.41, 5.74) is 5.99. The SMILES string of the molecule is C=CCC1=NC(CC=C)N(N)C(NCCN2CCC(NCC3c4ccccc4CCc4ccccc43)CC2)=N1. The van der Waals surface area contributed by atoms with E-state index in [1.54, 1.807) is 5.01 Å². The number of aliphatic imine (C=N–C) groups is 2. The minimum Gasteiger partial charge on any atom is -0.353 e. The van der Waals surface area contributed by atoms with Gasteiger partial charge in [-0.15, -0.1) is 13.2 Å². The molecule has 2 aromatic carbocycles. The molecule has 1 saturated heterocycles. The quantitative estimate of drug-likeness (QED) is 0.323. The molecule has 0 amide bonds. The molecule has 2 heterocycles. The van der Waals surface area contributed by atoms with Crippen LogP contribution in [-0.4, -0.2) is 66.6 Å². The van der Waals surface area contributed by atoms with E-state index in [1.807, 2.05) is 12.2 Å². The molecule has 2 aliphatic heterocycles. The van der Waals surface area contributed by atoms with E-state index >= 15 is 0 Å². The Labute approximate surface area is 233 Å². The number of nitrogens with zero attached hydrogens (tertiary/aromatic N) is 4. The molecule has 1 atom stereocenters. The molecule has 4 N–H and O–H groups in total. The van der Waals surface area contributed by atoms with Crippen LogP contribution >= 0.6 is 0 Å². The molecule has 3 aliphatic rings. The fraction of sp³-hybridized carbons (Fsp3) is 0.438. The molecule has 0 aromatic heterocycles. The third kappa shape index (κ3) is 6.67. The molecule has 1 aliphatic carbocycles. The van der Waals surface area contributed by atoms with Crippen LogP contribution in [0.15, 0.2) is 83.8 Å². The Morgan fingerprint density at radius 1 is 0.949 bits per heavy atom. The predicted octanol–water partition coefficient (Wildman–Crippen LogP) is 3.98. The first kappa shape index (κ1) is 27.3. The summed E-state index contributed by atoms with van der Waals surface area (Å²) in [6, 6.07) is 18.6. The predicted molar refractivity (Wildman–Crippen MR) is 162 cm³/mol. The Morgan fingerprint density at radius 2 is 1.62 bits per heavy atom. The van der Waals surface area contributed by atoms with Crippen molar-refractivity contribution in [1.29, 1.82) is 0 Å². The average molecular weight is 526 g/mol. The minimum atomic E-state index is -0.174. The lowest BCUT2D eigenvalue weighted by Gasteiger charge is -2.34. The zero-order chi connectivity index (χ0) is 27.0. The summed E-state index contributed by atoms with van der Waals surface area (Å²) >= 11 is 0. The molecule has 1 unspecified atom stereocenters. The van der Waals surface area contributed by atoms with Crippen LogP contribution in [-0.2, 0) is 12.8 Å². The zero-order valence-electron chi connectivity index (χ0n) is 23.1. The molecule has 5 rings (SSSR count). The largest absolute Gasteiger partial charge is 0.353 e. The molecular formula is C32H43N7. The lowest BCUT2D eigenvalue weighted by molar-refractivity contribution is 0.199. The standard InChI is InChI=1S/C32H43N7/c1-3-9-30-36-31(10-4-2)39(33)32(37-30)34-19-22-38-20-17-26(18-21-38)35-23-29-27-13-7-5-11-24(27)15-16-25-12-6-8-14-28(25)29/h3-8,11-14,26,29,31,35H,1-2,9-10,15-23,33H2,(H,34,36,37). The monoisotopic (exact) mass is 525 g/mol. The molecule has 1 fully saturated rings. The molecule has 0 bridgehead atoms. The van der Waals surface area contributed by atoms with Gasteiger partial charge in [-0.3, -0.25) is 5.01 Å². The van der Waals surface area contributed by atoms with Gasteiger partial charge in [0.15, 0.2) is 0 Å². The van der Waals surface area contributed by atoms with Crippen LogP contribution in [0.25, 0.3) is 0 Å². The number of rotatable bonds is 10. The van der Waals surface area contributed by atoms with Crippen molar-refractivity contribution < 1.29 is 0 Å². The second-order valence-corrected chi connectivity index (χ2v) is 10.8. The Balaban J connectivity index is 1.11. The topological polar surface area (TPSA) is 81.3 Å². The number of aryl methyl sites for hydroxylation is 2. The molecule has 7 nitrogen and oxygen atoms in total. The third-order valence-corrected chi connectivity index (χ3v) is 8.24. The maximum absolute atomic E-state index is 6.31. The number of hydrazine groups is 1. The summed E-state index contributed by atoms with van der Waals surface area (Å²) < 4.78 is 0. The van der Waals surface area contributed by atoms with Crippen LogP contribution in [0.2, 0.25) is 0 Å². The van der Waals surface area contributed by atoms with Crippen molar-refractivity contribution in [2.45, 2.75) is 56.7 Å². The lowest BCUT2D eigenvalue weighted by Crippen LogP contribution is -2.54. The molecule has 39 heavy (non-hydrogen) atoms. The highest BCUT2D eigenvalue weighted by molar-refractivity contribution is 5.98. The first-order chi connectivity index (χ1) is 19.2. The number of hydrogen-bond acceptors (Lipinski definition) is 7. The summed E-state index contributed by atoms with van der Waals surface area (Å²) in [6.07, 6.45) is 9.38. The van der Waals surface area contributed by atoms with E-state index in [0.717, 1.165) is 64.2 Å². The summed E-state index contributed by atoms with van der Waals surface area (Å²) in [5.74, 6) is 8.15. The summed E-state index contributed by atoms with van der Waals surface area (Å²) in [4.78, 5) is 11.8. The van der Waals surface area contributed by atoms with Gasteiger partial charge in [0, 0.05) is 44.4 Å². The van der Waals surface area contributed by atoms with Crippen LogP contribution in [0, 0.1) is 0 Å². The van der Waals surface area contributed by atoms with Gasteiger partial charge in [0.1, 0.15) is 12.0 Å². The van der Waals surface area contributed by atoms with Crippen molar-refractivity contribution in [2.24, 2.45) is 15.8 Å². The second-order valence-electron chi connectivity index (χ2n) is 10.8. The maximum atomic E-state index is 6.31. The summed E-state index contributed by atoms with van der Waals surface area (Å²) in [7, 11) is 0. The van der Waals surface area contributed by atoms with Crippen molar-refractivity contribution in [2.75, 3.05) is 32.7 Å². The summed E-state index contributed by atoms with van der Waals surface area (Å²) in [5, 5.41) is 9.02. The number of guanidine groups is 1. The van der Waals surface area contributed by atoms with Crippen LogP contribution < -0.4 is 16.5 Å². The van der Waals surface area contributed by atoms with Gasteiger partial charge in [0.05, 0.1) is 0 Å². The van der Waals surface area contributed by atoms with E-state index in [9.17, 15) is 0 Å². The highest BCUT2D eigenvalue weighted by Crippen LogP contribution is 2.34. The van der Waals surface area contributed by atoms with Gasteiger partial charge < -0.3 is 15.5 Å². The number of hydrogen-bond donors (Lipinski definition) is 3. The number of nitrogens with two attached hydrogens (primary N) is 1. The highest BCUT2D eigenvalue weighted by atomic mass is 15.5. The Bertz CT molecular complexity index is 1150. The van der Waals surface area contributed by atoms with Gasteiger partial charge in [-0.2, -0.15) is 4.99 Å². The number of likely N-dealkylation sites (tertiary alicyclic amines) is 1. The van der Waals surface area contributed by atoms with Crippen LogP contribution in [0.5, 0.6) is 0 Å². The average Bonchev–Trinajstić information content (AvgIpc) is 3.12. The van der Waals surface area contributed by atoms with E-state index < -0.39 is 0 Å². The molecule has 0 radical (unpaired) electrons. The third-order valence-electron chi connectivity index (χ3n) is 8.24. The normalized spacial score (nSPS) is 20.3. The van der Waals surface area contributed by atoms with Crippen molar-refractivity contribution in [3.63, 3.8) is 0 Å². The smallest absolute Gasteiger partial charge is 0.216 e. The number of fused-ring (bicyclic) bond motifs is 2. The van der Waals surface area contributed by atoms with E-state index in [-0.39, 0.29) is 6.17 Å². The molecule has 0 spiro atoms. The molecule has 206 valence electrons. The van der Waals surface area contributed by atoms with E-state index in [4.69, 9.17) is 5.84 Å². The molecule has 7 heteroatoms. The van der Waals surface area contributed by atoms with Crippen LogP contribution in [0.4, 0.5) is 0 Å². The van der Waals surface area contributed by atoms with Gasteiger partial charge in [0.25, 0.3) is 0 Å². The maximum Gasteiger partial charge on any atom is 0.216 e. The van der Waals surface area contributed by atoms with Gasteiger partial charge in [-0.1, -0.05) is 60.7 Å². The zero-order valence-corrected chi connectivity index (χ0v) is 23.1. The van der Waals surface area contributed by atoms with Crippen LogP contribution in [0.1, 0.15) is 53.9 Å². The highest BCUT2D eigenvalue weighted by Gasteiger charge is 2.26. The molecular weight excluding hydrogens is 482 g/mol. The minimum absolute atomic E-state index is 0.174. The first-order valence-electron chi connectivity index (χ1n) is 14.4. The number of benzene rings is 2. The Kier molecular flexibility index (Phi) is 9.24. The molecule has 2 aromatic rings. The molecule has 0 saturated carbocycles. The van der Waals surface area contributed by atoms with Gasteiger partial charge in [-0.25, -0.2) is 10.8 Å². The van der Waals surface area contributed by atoms with Gasteiger partial charge in [0.2, 0.25) is 5.96 Å². The van der Waals surface area contributed by atoms with Crippen molar-refractivity contribution >= 4 is 11.8 Å². The van der Waals surface area contributed by atoms with Crippen molar-refractivity contribution in [3.05, 3.63) is 96.1 Å². The van der Waals surface area contributed by atoms with Crippen LogP contribution in [0.3, 0.4) is 0 Å². The summed E-state index contributed by atoms with van der Waals surface area (Å²) in [6.45, 7) is 12.6. The van der Waals surface area contributed by atoms with Gasteiger partial charge in [-0.05, 0) is 61.0 Å². The fourth-order valence-electron chi connectivity index (χ4n) is 6.09. The van der Waals surface area contributed by atoms with E-state index in [1.165, 1.54) is 22.3 Å².